The van der Waals surface area contributed by atoms with E-state index >= 15 is 0 Å². The van der Waals surface area contributed by atoms with E-state index in [-0.39, 0.29) is 24.9 Å². The molecule has 0 aliphatic heterocycles. The Hall–Kier alpha value is -1.63. The topological polar surface area (TPSA) is 107 Å². The summed E-state index contributed by atoms with van der Waals surface area (Å²) in [6.45, 7) is 1.76. The number of aromatic hydroxyl groups is 1. The van der Waals surface area contributed by atoms with Gasteiger partial charge in [-0.3, -0.25) is 0 Å². The number of esters is 1. The molecule has 0 saturated carbocycles. The fraction of sp³-hybridized carbons (Fsp3) is 0.500. The van der Waals surface area contributed by atoms with Gasteiger partial charge >= 0.3 is 5.97 Å². The highest BCUT2D eigenvalue weighted by atomic mass is 16.5. The molecule has 1 rings (SSSR count). The number of carbonyl (C=O) groups is 1. The minimum Gasteiger partial charge on any atom is -0.508 e. The van der Waals surface area contributed by atoms with E-state index in [1.165, 1.54) is 12.1 Å². The molecule has 6 nitrogen and oxygen atoms in total. The maximum absolute atomic E-state index is 11.3. The molecule has 1 aromatic rings. The Balaban J connectivity index is 0.000000511. The Morgan fingerprint density at radius 2 is 1.75 bits per heavy atom. The Labute approximate surface area is 118 Å². The quantitative estimate of drug-likeness (QED) is 0.452. The number of hydrogen-bond donors (Lipinski definition) is 4. The zero-order valence-corrected chi connectivity index (χ0v) is 11.5. The fourth-order valence-electron chi connectivity index (χ4n) is 1.05. The van der Waals surface area contributed by atoms with Gasteiger partial charge in [0.2, 0.25) is 0 Å². The maximum Gasteiger partial charge on any atom is 0.338 e. The van der Waals surface area contributed by atoms with Gasteiger partial charge < -0.3 is 25.2 Å². The summed E-state index contributed by atoms with van der Waals surface area (Å²) in [4.78, 5) is 11.3. The van der Waals surface area contributed by atoms with Crippen molar-refractivity contribution in [1.29, 1.82) is 0 Å². The van der Waals surface area contributed by atoms with Crippen molar-refractivity contribution in [2.45, 2.75) is 25.9 Å². The van der Waals surface area contributed by atoms with Crippen molar-refractivity contribution < 1.29 is 30.0 Å². The molecule has 0 fully saturated rings. The summed E-state index contributed by atoms with van der Waals surface area (Å²) in [5.41, 5.74) is 0.471. The zero-order valence-electron chi connectivity index (χ0n) is 11.5. The average Bonchev–Trinajstić information content (AvgIpc) is 2.48. The first-order valence-corrected chi connectivity index (χ1v) is 6.41. The molecule has 0 aliphatic carbocycles. The van der Waals surface area contributed by atoms with E-state index in [0.29, 0.717) is 12.2 Å². The summed E-state index contributed by atoms with van der Waals surface area (Å²) < 4.78 is 4.99. The second-order valence-corrected chi connectivity index (χ2v) is 4.06. The summed E-state index contributed by atoms with van der Waals surface area (Å²) in [7, 11) is 0. The Bertz CT molecular complexity index is 358. The minimum atomic E-state index is -0.954. The molecule has 1 aromatic carbocycles. The minimum absolute atomic E-state index is 0.148. The van der Waals surface area contributed by atoms with Crippen molar-refractivity contribution in [2.75, 3.05) is 19.8 Å². The van der Waals surface area contributed by atoms with Crippen LogP contribution in [0.15, 0.2) is 24.3 Å². The van der Waals surface area contributed by atoms with Crippen LogP contribution in [-0.2, 0) is 4.74 Å². The third kappa shape index (κ3) is 8.47. The van der Waals surface area contributed by atoms with Crippen LogP contribution in [0.25, 0.3) is 0 Å². The summed E-state index contributed by atoms with van der Waals surface area (Å²) in [5, 5.41) is 33.0. The van der Waals surface area contributed by atoms with E-state index < -0.39 is 6.10 Å². The smallest absolute Gasteiger partial charge is 0.338 e. The molecule has 0 aliphatic rings. The second kappa shape index (κ2) is 11.2. The lowest BCUT2D eigenvalue weighted by molar-refractivity contribution is 0.0450. The summed E-state index contributed by atoms with van der Waals surface area (Å²) in [6, 6.07) is 6.03. The monoisotopic (exact) mass is 286 g/mol. The largest absolute Gasteiger partial charge is 0.508 e. The Morgan fingerprint density at radius 1 is 1.20 bits per heavy atom. The van der Waals surface area contributed by atoms with E-state index in [2.05, 4.69) is 0 Å². The molecule has 114 valence electrons. The zero-order chi connectivity index (χ0) is 15.4. The third-order valence-corrected chi connectivity index (χ3v) is 2.26. The van der Waals surface area contributed by atoms with Gasteiger partial charge in [0.1, 0.15) is 11.9 Å². The first-order valence-electron chi connectivity index (χ1n) is 6.41. The molecular weight excluding hydrogens is 264 g/mol. The van der Waals surface area contributed by atoms with E-state index in [0.717, 1.165) is 12.8 Å². The number of unbranched alkanes of at least 4 members (excludes halogenated alkanes) is 1. The van der Waals surface area contributed by atoms with Gasteiger partial charge in [0.25, 0.3) is 0 Å². The highest BCUT2D eigenvalue weighted by Crippen LogP contribution is 2.10. The molecule has 0 spiro atoms. The fourth-order valence-corrected chi connectivity index (χ4v) is 1.05. The highest BCUT2D eigenvalue weighted by Gasteiger charge is 2.05. The van der Waals surface area contributed by atoms with Crippen molar-refractivity contribution >= 4 is 5.97 Å². The van der Waals surface area contributed by atoms with Crippen LogP contribution in [0.2, 0.25) is 0 Å². The first kappa shape index (κ1) is 18.4. The lowest BCUT2D eigenvalue weighted by atomic mass is 10.2. The number of carbonyl (C=O) groups excluding carboxylic acids is 1. The number of rotatable bonds is 6. The van der Waals surface area contributed by atoms with E-state index in [9.17, 15) is 4.79 Å². The standard InChI is InChI=1S/C11H14O3.C3H8O3/c1-2-3-8-14-11(13)9-4-6-10(12)7-5-9;4-1-3(6)2-5/h4-7,12H,2-3,8H2,1H3;3-6H,1-2H2. The average molecular weight is 286 g/mol. The summed E-state index contributed by atoms with van der Waals surface area (Å²) in [6.07, 6.45) is 0.928. The number of hydrogen-bond acceptors (Lipinski definition) is 6. The lowest BCUT2D eigenvalue weighted by Crippen LogP contribution is -2.15. The van der Waals surface area contributed by atoms with Crippen LogP contribution in [-0.4, -0.2) is 52.3 Å². The maximum atomic E-state index is 11.3. The van der Waals surface area contributed by atoms with Crippen LogP contribution in [0.4, 0.5) is 0 Å². The highest BCUT2D eigenvalue weighted by molar-refractivity contribution is 5.89. The number of phenolic OH excluding ortho intramolecular Hbond substituents is 1. The molecule has 0 aromatic heterocycles. The first-order chi connectivity index (χ1) is 9.54. The number of aliphatic hydroxyl groups is 3. The van der Waals surface area contributed by atoms with Gasteiger partial charge in [0, 0.05) is 0 Å². The van der Waals surface area contributed by atoms with Crippen LogP contribution in [0.5, 0.6) is 5.75 Å². The van der Waals surface area contributed by atoms with Crippen molar-refractivity contribution in [2.24, 2.45) is 0 Å². The van der Waals surface area contributed by atoms with Crippen molar-refractivity contribution in [3.63, 3.8) is 0 Å². The molecule has 0 heterocycles. The predicted molar refractivity (Wildman–Crippen MR) is 73.5 cm³/mol. The van der Waals surface area contributed by atoms with E-state index in [1.807, 2.05) is 6.92 Å². The van der Waals surface area contributed by atoms with Crippen LogP contribution < -0.4 is 0 Å². The molecule has 0 atom stereocenters. The molecule has 0 amide bonds. The van der Waals surface area contributed by atoms with Crippen molar-refractivity contribution in [3.05, 3.63) is 29.8 Å². The van der Waals surface area contributed by atoms with Crippen molar-refractivity contribution in [1.82, 2.24) is 0 Å². The van der Waals surface area contributed by atoms with Gasteiger partial charge in [-0.05, 0) is 30.7 Å². The van der Waals surface area contributed by atoms with Gasteiger partial charge in [-0.15, -0.1) is 0 Å². The van der Waals surface area contributed by atoms with Gasteiger partial charge in [-0.25, -0.2) is 4.79 Å². The number of aliphatic hydroxyl groups excluding tert-OH is 3. The Morgan fingerprint density at radius 3 is 2.15 bits per heavy atom. The molecule has 0 saturated heterocycles. The summed E-state index contributed by atoms with van der Waals surface area (Å²) >= 11 is 0. The van der Waals surface area contributed by atoms with Crippen molar-refractivity contribution in [3.8, 4) is 5.75 Å². The van der Waals surface area contributed by atoms with Gasteiger partial charge in [-0.2, -0.15) is 0 Å². The molecule has 20 heavy (non-hydrogen) atoms. The number of benzene rings is 1. The predicted octanol–water partition coefficient (Wildman–Crippen LogP) is 0.681. The Kier molecular flexibility index (Phi) is 10.3. The molecule has 4 N–H and O–H groups in total. The van der Waals surface area contributed by atoms with Crippen LogP contribution >= 0.6 is 0 Å². The van der Waals surface area contributed by atoms with Gasteiger partial charge in [0.15, 0.2) is 0 Å². The molecular formula is C14H22O6. The summed E-state index contributed by atoms with van der Waals surface area (Å²) in [5.74, 6) is -0.187. The van der Waals surface area contributed by atoms with Crippen LogP contribution in [0.3, 0.4) is 0 Å². The molecule has 6 heteroatoms. The third-order valence-electron chi connectivity index (χ3n) is 2.26. The molecule has 0 bridgehead atoms. The number of phenols is 1. The van der Waals surface area contributed by atoms with Gasteiger partial charge in [-0.1, -0.05) is 13.3 Å². The van der Waals surface area contributed by atoms with E-state index in [4.69, 9.17) is 25.2 Å². The van der Waals surface area contributed by atoms with Crippen LogP contribution in [0.1, 0.15) is 30.1 Å². The SMILES string of the molecule is CCCCOC(=O)c1ccc(O)cc1.OCC(O)CO. The van der Waals surface area contributed by atoms with Crippen LogP contribution in [0, 0.1) is 0 Å². The molecule has 0 unspecified atom stereocenters. The lowest BCUT2D eigenvalue weighted by Gasteiger charge is -2.03. The van der Waals surface area contributed by atoms with E-state index in [1.54, 1.807) is 12.1 Å². The molecule has 0 radical (unpaired) electrons. The van der Waals surface area contributed by atoms with Gasteiger partial charge in [0.05, 0.1) is 25.4 Å². The normalized spacial score (nSPS) is 9.85. The second-order valence-electron chi connectivity index (χ2n) is 4.06. The number of ether oxygens (including phenoxy) is 1.